The lowest BCUT2D eigenvalue weighted by atomic mass is 11.0. The average molecular weight is 101 g/mol. The Kier molecular flexibility index (Phi) is 1.10. The topological polar surface area (TPSA) is 65.7 Å². The standard InChI is InChI=1S/C2H7N5/c3-6-7-1-4-5-2-7/h1,5-6H,2-3H2. The first kappa shape index (κ1) is 4.35. The SMILES string of the molecule is NNN1C=NNC1. The molecule has 0 radical (unpaired) electrons. The summed E-state index contributed by atoms with van der Waals surface area (Å²) in [6, 6.07) is 0. The summed E-state index contributed by atoms with van der Waals surface area (Å²) in [6.07, 6.45) is 1.57. The summed E-state index contributed by atoms with van der Waals surface area (Å²) < 4.78 is 0. The molecule has 5 nitrogen and oxygen atoms in total. The van der Waals surface area contributed by atoms with E-state index in [1.807, 2.05) is 0 Å². The summed E-state index contributed by atoms with van der Waals surface area (Å²) in [5, 5.41) is 5.26. The van der Waals surface area contributed by atoms with E-state index in [1.165, 1.54) is 0 Å². The van der Waals surface area contributed by atoms with E-state index in [4.69, 9.17) is 5.84 Å². The van der Waals surface area contributed by atoms with E-state index in [2.05, 4.69) is 16.1 Å². The summed E-state index contributed by atoms with van der Waals surface area (Å²) in [5.74, 6) is 4.98. The highest BCUT2D eigenvalue weighted by Crippen LogP contribution is 1.76. The summed E-state index contributed by atoms with van der Waals surface area (Å²) in [6.45, 7) is 0.635. The lowest BCUT2D eigenvalue weighted by Gasteiger charge is -2.07. The number of rotatable bonds is 1. The molecule has 0 saturated carbocycles. The first-order valence-corrected chi connectivity index (χ1v) is 1.92. The van der Waals surface area contributed by atoms with Gasteiger partial charge in [0.05, 0.1) is 0 Å². The number of nitrogens with one attached hydrogen (secondary N) is 2. The molecule has 0 saturated heterocycles. The Balaban J connectivity index is 2.28. The Labute approximate surface area is 41.1 Å². The van der Waals surface area contributed by atoms with Gasteiger partial charge in [0.2, 0.25) is 0 Å². The molecule has 0 unspecified atom stereocenters. The number of nitrogens with zero attached hydrogens (tertiary/aromatic N) is 2. The van der Waals surface area contributed by atoms with Crippen LogP contribution in [0.3, 0.4) is 0 Å². The second kappa shape index (κ2) is 1.76. The molecule has 0 amide bonds. The summed E-state index contributed by atoms with van der Waals surface area (Å²) >= 11 is 0. The van der Waals surface area contributed by atoms with E-state index in [0.717, 1.165) is 0 Å². The van der Waals surface area contributed by atoms with Crippen molar-refractivity contribution in [2.45, 2.75) is 0 Å². The van der Waals surface area contributed by atoms with Gasteiger partial charge in [0.1, 0.15) is 13.0 Å². The second-order valence-corrected chi connectivity index (χ2v) is 1.16. The molecule has 0 aliphatic carbocycles. The van der Waals surface area contributed by atoms with Crippen molar-refractivity contribution in [1.29, 1.82) is 0 Å². The maximum absolute atomic E-state index is 4.98. The Morgan fingerprint density at radius 3 is 3.14 bits per heavy atom. The number of nitrogens with two attached hydrogens (primary N) is 1. The largest absolute Gasteiger partial charge is 0.288 e. The van der Waals surface area contributed by atoms with Crippen molar-refractivity contribution in [1.82, 2.24) is 16.0 Å². The monoisotopic (exact) mass is 101 g/mol. The molecule has 1 aliphatic heterocycles. The normalized spacial score (nSPS) is 17.6. The zero-order chi connectivity index (χ0) is 5.11. The molecule has 7 heavy (non-hydrogen) atoms. The molecule has 0 bridgehead atoms. The second-order valence-electron chi connectivity index (χ2n) is 1.16. The quantitative estimate of drug-likeness (QED) is 0.268. The maximum atomic E-state index is 4.98. The van der Waals surface area contributed by atoms with Crippen LogP contribution >= 0.6 is 0 Å². The first-order valence-electron chi connectivity index (χ1n) is 1.92. The van der Waals surface area contributed by atoms with E-state index in [0.29, 0.717) is 6.67 Å². The molecule has 1 aliphatic rings. The zero-order valence-corrected chi connectivity index (χ0v) is 3.76. The van der Waals surface area contributed by atoms with Gasteiger partial charge < -0.3 is 0 Å². The summed E-state index contributed by atoms with van der Waals surface area (Å²) in [5.41, 5.74) is 5.06. The predicted octanol–water partition coefficient (Wildman–Crippen LogP) is -1.83. The van der Waals surface area contributed by atoms with E-state index < -0.39 is 0 Å². The van der Waals surface area contributed by atoms with Crippen molar-refractivity contribution in [3.63, 3.8) is 0 Å². The smallest absolute Gasteiger partial charge is 0.128 e. The number of hydrogen-bond donors (Lipinski definition) is 3. The number of hydrogen-bond acceptors (Lipinski definition) is 5. The third-order valence-electron chi connectivity index (χ3n) is 0.695. The Morgan fingerprint density at radius 1 is 2.00 bits per heavy atom. The van der Waals surface area contributed by atoms with Gasteiger partial charge >= 0.3 is 0 Å². The minimum atomic E-state index is 0.635. The molecule has 5 heteroatoms. The van der Waals surface area contributed by atoms with Gasteiger partial charge in [-0.1, -0.05) is 0 Å². The van der Waals surface area contributed by atoms with Gasteiger partial charge in [-0.25, -0.2) is 0 Å². The van der Waals surface area contributed by atoms with Crippen molar-refractivity contribution in [3.8, 4) is 0 Å². The van der Waals surface area contributed by atoms with Crippen LogP contribution in [-0.4, -0.2) is 18.0 Å². The van der Waals surface area contributed by atoms with Crippen molar-refractivity contribution in [2.75, 3.05) is 6.67 Å². The molecule has 0 aromatic rings. The lowest BCUT2D eigenvalue weighted by molar-refractivity contribution is 0.328. The van der Waals surface area contributed by atoms with Gasteiger partial charge in [-0.15, -0.1) is 0 Å². The van der Waals surface area contributed by atoms with Crippen LogP contribution in [0, 0.1) is 0 Å². The average Bonchev–Trinajstić information content (AvgIpc) is 2.14. The van der Waals surface area contributed by atoms with Crippen LogP contribution in [0.5, 0.6) is 0 Å². The van der Waals surface area contributed by atoms with Crippen LogP contribution in [0.2, 0.25) is 0 Å². The molecule has 1 rings (SSSR count). The minimum absolute atomic E-state index is 0.635. The molecule has 0 aromatic heterocycles. The highest BCUT2D eigenvalue weighted by atomic mass is 15.7. The Hall–Kier alpha value is -0.810. The highest BCUT2D eigenvalue weighted by Gasteiger charge is 1.97. The third-order valence-corrected chi connectivity index (χ3v) is 0.695. The molecule has 40 valence electrons. The van der Waals surface area contributed by atoms with E-state index in [1.54, 1.807) is 11.3 Å². The zero-order valence-electron chi connectivity index (χ0n) is 3.76. The molecule has 0 fully saturated rings. The van der Waals surface area contributed by atoms with Gasteiger partial charge in [0.15, 0.2) is 0 Å². The predicted molar refractivity (Wildman–Crippen MR) is 25.7 cm³/mol. The lowest BCUT2D eigenvalue weighted by Crippen LogP contribution is -2.41. The number of hydrazone groups is 1. The molecule has 4 N–H and O–H groups in total. The van der Waals surface area contributed by atoms with E-state index >= 15 is 0 Å². The van der Waals surface area contributed by atoms with Crippen LogP contribution in [0.15, 0.2) is 5.10 Å². The van der Waals surface area contributed by atoms with Crippen molar-refractivity contribution in [2.24, 2.45) is 10.9 Å². The number of hydrazine groups is 2. The van der Waals surface area contributed by atoms with Crippen LogP contribution < -0.4 is 16.8 Å². The molecule has 0 atom stereocenters. The molecule has 1 heterocycles. The molecule has 0 aromatic carbocycles. The van der Waals surface area contributed by atoms with E-state index in [9.17, 15) is 0 Å². The van der Waals surface area contributed by atoms with Gasteiger partial charge in [-0.2, -0.15) is 10.6 Å². The van der Waals surface area contributed by atoms with Crippen molar-refractivity contribution in [3.05, 3.63) is 0 Å². The van der Waals surface area contributed by atoms with Gasteiger partial charge in [-0.05, 0) is 0 Å². The Bertz CT molecular complexity index is 78.1. The minimum Gasteiger partial charge on any atom is -0.288 e. The maximum Gasteiger partial charge on any atom is 0.128 e. The first-order chi connectivity index (χ1) is 3.43. The van der Waals surface area contributed by atoms with Gasteiger partial charge in [0.25, 0.3) is 0 Å². The highest BCUT2D eigenvalue weighted by molar-refractivity contribution is 5.54. The van der Waals surface area contributed by atoms with Crippen LogP contribution in [0.4, 0.5) is 0 Å². The van der Waals surface area contributed by atoms with E-state index in [-0.39, 0.29) is 0 Å². The van der Waals surface area contributed by atoms with Crippen LogP contribution in [-0.2, 0) is 0 Å². The fraction of sp³-hybridized carbons (Fsp3) is 0.500. The molecule has 0 spiro atoms. The third kappa shape index (κ3) is 0.787. The van der Waals surface area contributed by atoms with Gasteiger partial charge in [0, 0.05) is 0 Å². The van der Waals surface area contributed by atoms with Crippen molar-refractivity contribution < 1.29 is 0 Å². The molecular weight excluding hydrogens is 94.1 g/mol. The fourth-order valence-electron chi connectivity index (χ4n) is 0.347. The van der Waals surface area contributed by atoms with Gasteiger partial charge in [-0.3, -0.25) is 16.3 Å². The van der Waals surface area contributed by atoms with Crippen LogP contribution in [0.1, 0.15) is 0 Å². The van der Waals surface area contributed by atoms with Crippen LogP contribution in [0.25, 0.3) is 0 Å². The summed E-state index contributed by atoms with van der Waals surface area (Å²) in [4.78, 5) is 0. The fourth-order valence-corrected chi connectivity index (χ4v) is 0.347. The van der Waals surface area contributed by atoms with Crippen molar-refractivity contribution >= 4 is 6.34 Å². The Morgan fingerprint density at radius 2 is 2.86 bits per heavy atom. The molecular formula is C2H7N5. The summed E-state index contributed by atoms with van der Waals surface area (Å²) in [7, 11) is 0.